The van der Waals surface area contributed by atoms with E-state index in [0.717, 1.165) is 23.8 Å². The van der Waals surface area contributed by atoms with Crippen molar-refractivity contribution in [3.05, 3.63) is 65.7 Å². The summed E-state index contributed by atoms with van der Waals surface area (Å²) in [5.74, 6) is 1.02. The Bertz CT molecular complexity index is 622. The van der Waals surface area contributed by atoms with E-state index in [9.17, 15) is 0 Å². The highest BCUT2D eigenvalue weighted by atomic mass is 32.2. The van der Waals surface area contributed by atoms with E-state index in [1.54, 1.807) is 11.8 Å². The molecule has 1 heterocycles. The van der Waals surface area contributed by atoms with Crippen LogP contribution in [0.5, 0.6) is 0 Å². The van der Waals surface area contributed by atoms with Crippen LogP contribution in [0.25, 0.3) is 0 Å². The number of aryl methyl sites for hydroxylation is 1. The molecule has 2 nitrogen and oxygen atoms in total. The molecule has 0 radical (unpaired) electrons. The number of nitrogens with zero attached hydrogens (tertiary/aromatic N) is 1. The number of nitrogens with one attached hydrogen (secondary N) is 1. The van der Waals surface area contributed by atoms with Gasteiger partial charge >= 0.3 is 0 Å². The molecule has 1 aliphatic heterocycles. The van der Waals surface area contributed by atoms with Crippen LogP contribution in [0.3, 0.4) is 0 Å². The summed E-state index contributed by atoms with van der Waals surface area (Å²) in [6.45, 7) is 2.21. The predicted molar refractivity (Wildman–Crippen MR) is 93.1 cm³/mol. The Morgan fingerprint density at radius 3 is 2.67 bits per heavy atom. The molecule has 3 heteroatoms. The molecule has 21 heavy (non-hydrogen) atoms. The van der Waals surface area contributed by atoms with Gasteiger partial charge in [0.2, 0.25) is 0 Å². The summed E-state index contributed by atoms with van der Waals surface area (Å²) in [5, 5.41) is 4.54. The Morgan fingerprint density at radius 1 is 1.10 bits per heavy atom. The summed E-state index contributed by atoms with van der Waals surface area (Å²) >= 11 is 1.81. The van der Waals surface area contributed by atoms with E-state index in [1.807, 2.05) is 0 Å². The summed E-state index contributed by atoms with van der Waals surface area (Å²) in [5.41, 5.74) is 3.86. The van der Waals surface area contributed by atoms with Gasteiger partial charge in [0.1, 0.15) is 0 Å². The maximum Gasteiger partial charge on any atom is 0.161 e. The molecule has 1 aliphatic rings. The molecule has 1 N–H and O–H groups in total. The van der Waals surface area contributed by atoms with Crippen molar-refractivity contribution in [1.29, 1.82) is 0 Å². The topological polar surface area (TPSA) is 24.4 Å². The van der Waals surface area contributed by atoms with Crippen molar-refractivity contribution in [2.45, 2.75) is 25.8 Å². The Labute approximate surface area is 130 Å². The molecule has 2 aromatic rings. The number of thioether (sulfide) groups is 1. The van der Waals surface area contributed by atoms with Gasteiger partial charge in [-0.1, -0.05) is 73.6 Å². The van der Waals surface area contributed by atoms with Crippen LogP contribution in [0.15, 0.2) is 59.6 Å². The molecule has 2 aromatic carbocycles. The van der Waals surface area contributed by atoms with Gasteiger partial charge in [0.25, 0.3) is 0 Å². The molecule has 0 bridgehead atoms. The molecule has 1 atom stereocenters. The lowest BCUT2D eigenvalue weighted by molar-refractivity contribution is 0.849. The molecule has 0 aliphatic carbocycles. The van der Waals surface area contributed by atoms with Crippen LogP contribution in [-0.2, 0) is 6.42 Å². The molecular weight excluding hydrogens is 276 g/mol. The Balaban J connectivity index is 1.74. The molecular formula is C18H20N2S. The Morgan fingerprint density at radius 2 is 1.86 bits per heavy atom. The first-order valence-corrected chi connectivity index (χ1v) is 8.46. The van der Waals surface area contributed by atoms with Gasteiger partial charge < -0.3 is 5.32 Å². The fourth-order valence-electron chi connectivity index (χ4n) is 2.53. The first-order chi connectivity index (χ1) is 10.4. The second-order valence-electron chi connectivity index (χ2n) is 5.20. The fourth-order valence-corrected chi connectivity index (χ4v) is 3.50. The minimum atomic E-state index is 0.275. The zero-order chi connectivity index (χ0) is 14.5. The first-order valence-electron chi connectivity index (χ1n) is 7.47. The average Bonchev–Trinajstić information content (AvgIpc) is 2.99. The lowest BCUT2D eigenvalue weighted by atomic mass is 10.1. The van der Waals surface area contributed by atoms with Crippen molar-refractivity contribution >= 4 is 22.6 Å². The zero-order valence-corrected chi connectivity index (χ0v) is 13.1. The smallest absolute Gasteiger partial charge is 0.161 e. The van der Waals surface area contributed by atoms with E-state index >= 15 is 0 Å². The van der Waals surface area contributed by atoms with Crippen LogP contribution in [-0.4, -0.2) is 10.9 Å². The van der Waals surface area contributed by atoms with Crippen LogP contribution in [0.4, 0.5) is 5.69 Å². The lowest BCUT2D eigenvalue weighted by Crippen LogP contribution is -2.07. The number of hydrogen-bond donors (Lipinski definition) is 1. The maximum atomic E-state index is 4.82. The normalized spacial score (nSPS) is 17.6. The second-order valence-corrected chi connectivity index (χ2v) is 6.21. The van der Waals surface area contributed by atoms with E-state index in [1.165, 1.54) is 16.8 Å². The molecule has 0 saturated carbocycles. The van der Waals surface area contributed by atoms with Crippen molar-refractivity contribution in [1.82, 2.24) is 0 Å². The Hall–Kier alpha value is -1.74. The van der Waals surface area contributed by atoms with Crippen LogP contribution in [0.2, 0.25) is 0 Å². The van der Waals surface area contributed by atoms with Crippen LogP contribution in [0, 0.1) is 0 Å². The standard InChI is InChI=1S/C18H20N2S/c1-2-8-14-11-6-7-12-16(14)19-18-20-17(13-21-18)15-9-4-3-5-10-15/h3-7,9-12,17H,2,8,13H2,1H3,(H,19,20). The predicted octanol–water partition coefficient (Wildman–Crippen LogP) is 4.90. The van der Waals surface area contributed by atoms with E-state index in [0.29, 0.717) is 0 Å². The summed E-state index contributed by atoms with van der Waals surface area (Å²) in [4.78, 5) is 4.82. The molecule has 108 valence electrons. The molecule has 0 aromatic heterocycles. The number of para-hydroxylation sites is 1. The van der Waals surface area contributed by atoms with E-state index in [2.05, 4.69) is 66.8 Å². The molecule has 0 spiro atoms. The third-order valence-corrected chi connectivity index (χ3v) is 4.58. The SMILES string of the molecule is CCCc1ccccc1NC1=NC(c2ccccc2)CS1. The number of hydrogen-bond acceptors (Lipinski definition) is 3. The maximum absolute atomic E-state index is 4.82. The molecule has 1 unspecified atom stereocenters. The second kappa shape index (κ2) is 6.81. The van der Waals surface area contributed by atoms with Crippen molar-refractivity contribution in [2.75, 3.05) is 11.1 Å². The number of rotatable bonds is 4. The third-order valence-electron chi connectivity index (χ3n) is 3.61. The number of amidine groups is 1. The number of benzene rings is 2. The third kappa shape index (κ3) is 3.48. The summed E-state index contributed by atoms with van der Waals surface area (Å²) in [6.07, 6.45) is 2.26. The number of anilines is 1. The van der Waals surface area contributed by atoms with Crippen LogP contribution >= 0.6 is 11.8 Å². The minimum Gasteiger partial charge on any atom is -0.335 e. The minimum absolute atomic E-state index is 0.275. The van der Waals surface area contributed by atoms with Crippen molar-refractivity contribution in [2.24, 2.45) is 4.99 Å². The summed E-state index contributed by atoms with van der Waals surface area (Å²) < 4.78 is 0. The fraction of sp³-hybridized carbons (Fsp3) is 0.278. The zero-order valence-electron chi connectivity index (χ0n) is 12.3. The monoisotopic (exact) mass is 296 g/mol. The van der Waals surface area contributed by atoms with Crippen LogP contribution in [0.1, 0.15) is 30.5 Å². The Kier molecular flexibility index (Phi) is 4.61. The lowest BCUT2D eigenvalue weighted by Gasteiger charge is -2.10. The van der Waals surface area contributed by atoms with Crippen molar-refractivity contribution in [3.8, 4) is 0 Å². The average molecular weight is 296 g/mol. The molecule has 3 rings (SSSR count). The van der Waals surface area contributed by atoms with Crippen LogP contribution < -0.4 is 5.32 Å². The van der Waals surface area contributed by atoms with Crippen molar-refractivity contribution in [3.63, 3.8) is 0 Å². The molecule has 0 saturated heterocycles. The summed E-state index contributed by atoms with van der Waals surface area (Å²) in [7, 11) is 0. The molecule has 0 fully saturated rings. The van der Waals surface area contributed by atoms with Crippen molar-refractivity contribution < 1.29 is 0 Å². The van der Waals surface area contributed by atoms with E-state index in [-0.39, 0.29) is 6.04 Å². The van der Waals surface area contributed by atoms with Gasteiger partial charge in [-0.3, -0.25) is 4.99 Å². The largest absolute Gasteiger partial charge is 0.335 e. The summed E-state index contributed by atoms with van der Waals surface area (Å²) in [6, 6.07) is 19.3. The molecule has 0 amide bonds. The van der Waals surface area contributed by atoms with Gasteiger partial charge in [-0.15, -0.1) is 0 Å². The highest BCUT2D eigenvalue weighted by Gasteiger charge is 2.20. The quantitative estimate of drug-likeness (QED) is 0.868. The van der Waals surface area contributed by atoms with Gasteiger partial charge in [-0.25, -0.2) is 0 Å². The van der Waals surface area contributed by atoms with Gasteiger partial charge in [-0.2, -0.15) is 0 Å². The van der Waals surface area contributed by atoms with Gasteiger partial charge in [0.05, 0.1) is 6.04 Å². The van der Waals surface area contributed by atoms with E-state index < -0.39 is 0 Å². The van der Waals surface area contributed by atoms with Gasteiger partial charge in [0.15, 0.2) is 5.17 Å². The first kappa shape index (κ1) is 14.2. The highest BCUT2D eigenvalue weighted by Crippen LogP contribution is 2.31. The highest BCUT2D eigenvalue weighted by molar-refractivity contribution is 8.14. The van der Waals surface area contributed by atoms with Gasteiger partial charge in [-0.05, 0) is 23.6 Å². The number of aliphatic imine (C=N–C) groups is 1. The van der Waals surface area contributed by atoms with E-state index in [4.69, 9.17) is 4.99 Å². The van der Waals surface area contributed by atoms with Gasteiger partial charge in [0, 0.05) is 11.4 Å².